The molecule has 0 aliphatic carbocycles. The Morgan fingerprint density at radius 2 is 1.86 bits per heavy atom. The quantitative estimate of drug-likeness (QED) is 0.238. The molecule has 0 spiro atoms. The highest BCUT2D eigenvalue weighted by Crippen LogP contribution is 2.13. The van der Waals surface area contributed by atoms with Crippen LogP contribution < -0.4 is 10.2 Å². The molecule has 0 bridgehead atoms. The molecule has 0 saturated carbocycles. The first-order valence-corrected chi connectivity index (χ1v) is 9.47. The monoisotopic (exact) mass is 402 g/mol. The molecule has 9 heteroatoms. The SMILES string of the molecule is CC(C)(C)OC(=O)COc1ccc(/C=N\NC(=O)CSc2ncccn2)cc1. The van der Waals surface area contributed by atoms with Crippen molar-refractivity contribution in [1.29, 1.82) is 0 Å². The zero-order valence-electron chi connectivity index (χ0n) is 15.9. The fraction of sp³-hybridized carbons (Fsp3) is 0.316. The molecule has 0 atom stereocenters. The second-order valence-electron chi connectivity index (χ2n) is 6.56. The lowest BCUT2D eigenvalue weighted by Gasteiger charge is -2.19. The summed E-state index contributed by atoms with van der Waals surface area (Å²) in [5.74, 6) is 0.00987. The summed E-state index contributed by atoms with van der Waals surface area (Å²) in [7, 11) is 0. The molecule has 0 unspecified atom stereocenters. The lowest BCUT2D eigenvalue weighted by molar-refractivity contribution is -0.157. The number of nitrogens with one attached hydrogen (secondary N) is 1. The van der Waals surface area contributed by atoms with E-state index >= 15 is 0 Å². The van der Waals surface area contributed by atoms with E-state index in [0.29, 0.717) is 10.9 Å². The van der Waals surface area contributed by atoms with E-state index in [2.05, 4.69) is 20.5 Å². The van der Waals surface area contributed by atoms with Gasteiger partial charge >= 0.3 is 5.97 Å². The summed E-state index contributed by atoms with van der Waals surface area (Å²) in [6.45, 7) is 5.23. The van der Waals surface area contributed by atoms with Crippen molar-refractivity contribution in [3.63, 3.8) is 0 Å². The Kier molecular flexibility index (Phi) is 7.94. The van der Waals surface area contributed by atoms with Crippen molar-refractivity contribution < 1.29 is 19.1 Å². The zero-order valence-corrected chi connectivity index (χ0v) is 16.7. The van der Waals surface area contributed by atoms with Gasteiger partial charge in [-0.25, -0.2) is 20.2 Å². The highest BCUT2D eigenvalue weighted by atomic mass is 32.2. The summed E-state index contributed by atoms with van der Waals surface area (Å²) in [4.78, 5) is 31.4. The molecule has 1 N–H and O–H groups in total. The maximum absolute atomic E-state index is 11.7. The molecule has 1 aromatic carbocycles. The van der Waals surface area contributed by atoms with Gasteiger partial charge in [0.15, 0.2) is 11.8 Å². The van der Waals surface area contributed by atoms with Crippen LogP contribution in [-0.4, -0.2) is 46.0 Å². The van der Waals surface area contributed by atoms with Crippen molar-refractivity contribution in [1.82, 2.24) is 15.4 Å². The second-order valence-corrected chi connectivity index (χ2v) is 7.50. The molecule has 28 heavy (non-hydrogen) atoms. The van der Waals surface area contributed by atoms with Gasteiger partial charge < -0.3 is 9.47 Å². The van der Waals surface area contributed by atoms with Gasteiger partial charge in [0.25, 0.3) is 5.91 Å². The van der Waals surface area contributed by atoms with Crippen LogP contribution in [0.3, 0.4) is 0 Å². The number of amides is 1. The number of rotatable bonds is 8. The maximum Gasteiger partial charge on any atom is 0.344 e. The minimum atomic E-state index is -0.544. The Hall–Kier alpha value is -2.94. The van der Waals surface area contributed by atoms with Crippen molar-refractivity contribution in [3.05, 3.63) is 48.3 Å². The number of aromatic nitrogens is 2. The fourth-order valence-electron chi connectivity index (χ4n) is 1.86. The number of carbonyl (C=O) groups excluding carboxylic acids is 2. The normalized spacial score (nSPS) is 11.2. The Morgan fingerprint density at radius 1 is 1.18 bits per heavy atom. The van der Waals surface area contributed by atoms with Gasteiger partial charge in [-0.05, 0) is 56.7 Å². The molecule has 0 aliphatic heterocycles. The molecule has 1 amide bonds. The first-order valence-electron chi connectivity index (χ1n) is 8.48. The molecular weight excluding hydrogens is 380 g/mol. The van der Waals surface area contributed by atoms with Gasteiger partial charge in [-0.15, -0.1) is 0 Å². The minimum Gasteiger partial charge on any atom is -0.482 e. The largest absolute Gasteiger partial charge is 0.482 e. The van der Waals surface area contributed by atoms with Crippen molar-refractivity contribution in [2.24, 2.45) is 5.10 Å². The fourth-order valence-corrected chi connectivity index (χ4v) is 2.46. The van der Waals surface area contributed by atoms with Gasteiger partial charge in [0.05, 0.1) is 12.0 Å². The molecule has 8 nitrogen and oxygen atoms in total. The van der Waals surface area contributed by atoms with Crippen LogP contribution in [0.15, 0.2) is 53.0 Å². The molecule has 1 heterocycles. The van der Waals surface area contributed by atoms with Crippen LogP contribution in [-0.2, 0) is 14.3 Å². The number of nitrogens with zero attached hydrogens (tertiary/aromatic N) is 3. The van der Waals surface area contributed by atoms with Crippen LogP contribution in [0.25, 0.3) is 0 Å². The zero-order chi connectivity index (χ0) is 20.4. The highest BCUT2D eigenvalue weighted by Gasteiger charge is 2.16. The number of carbonyl (C=O) groups is 2. The topological polar surface area (TPSA) is 103 Å². The van der Waals surface area contributed by atoms with Crippen molar-refractivity contribution in [2.45, 2.75) is 31.5 Å². The molecular formula is C19H22N4O4S. The van der Waals surface area contributed by atoms with Crippen LogP contribution in [0, 0.1) is 0 Å². The van der Waals surface area contributed by atoms with Crippen molar-refractivity contribution >= 4 is 29.9 Å². The highest BCUT2D eigenvalue weighted by molar-refractivity contribution is 7.99. The van der Waals surface area contributed by atoms with Crippen LogP contribution >= 0.6 is 11.8 Å². The third-order valence-electron chi connectivity index (χ3n) is 2.93. The van der Waals surface area contributed by atoms with E-state index in [-0.39, 0.29) is 18.3 Å². The average molecular weight is 402 g/mol. The van der Waals surface area contributed by atoms with Crippen molar-refractivity contribution in [2.75, 3.05) is 12.4 Å². The van der Waals surface area contributed by atoms with Crippen molar-refractivity contribution in [3.8, 4) is 5.75 Å². The summed E-state index contributed by atoms with van der Waals surface area (Å²) < 4.78 is 10.6. The molecule has 2 aromatic rings. The third kappa shape index (κ3) is 8.63. The average Bonchev–Trinajstić information content (AvgIpc) is 2.65. The second kappa shape index (κ2) is 10.4. The van der Waals surface area contributed by atoms with Gasteiger partial charge in [-0.2, -0.15) is 5.10 Å². The van der Waals surface area contributed by atoms with E-state index in [9.17, 15) is 9.59 Å². The summed E-state index contributed by atoms with van der Waals surface area (Å²) in [6, 6.07) is 8.63. The van der Waals surface area contributed by atoms with Gasteiger partial charge in [0, 0.05) is 12.4 Å². The number of hydrogen-bond donors (Lipinski definition) is 1. The van der Waals surface area contributed by atoms with E-state index in [1.807, 2.05) is 0 Å². The van der Waals surface area contributed by atoms with E-state index in [4.69, 9.17) is 9.47 Å². The Morgan fingerprint density at radius 3 is 2.50 bits per heavy atom. The van der Waals surface area contributed by atoms with Crippen LogP contribution in [0.2, 0.25) is 0 Å². The third-order valence-corrected chi connectivity index (χ3v) is 3.81. The Balaban J connectivity index is 1.72. The Bertz CT molecular complexity index is 805. The predicted octanol–water partition coefficient (Wildman–Crippen LogP) is 2.44. The lowest BCUT2D eigenvalue weighted by atomic mass is 10.2. The molecule has 0 saturated heterocycles. The number of thioether (sulfide) groups is 1. The minimum absolute atomic E-state index is 0.163. The van der Waals surface area contributed by atoms with E-state index in [1.54, 1.807) is 63.5 Å². The van der Waals surface area contributed by atoms with Crippen LogP contribution in [0.1, 0.15) is 26.3 Å². The summed E-state index contributed by atoms with van der Waals surface area (Å²) >= 11 is 1.23. The number of esters is 1. The maximum atomic E-state index is 11.7. The molecule has 0 fully saturated rings. The Labute approximate surface area is 167 Å². The molecule has 148 valence electrons. The number of ether oxygens (including phenoxy) is 2. The molecule has 0 radical (unpaired) electrons. The molecule has 2 rings (SSSR count). The first-order chi connectivity index (χ1) is 13.3. The van der Waals surface area contributed by atoms with Gasteiger partial charge in [-0.3, -0.25) is 4.79 Å². The number of benzene rings is 1. The smallest absolute Gasteiger partial charge is 0.344 e. The van der Waals surface area contributed by atoms with E-state index in [1.165, 1.54) is 18.0 Å². The van der Waals surface area contributed by atoms with E-state index in [0.717, 1.165) is 5.56 Å². The van der Waals surface area contributed by atoms with E-state index < -0.39 is 11.6 Å². The summed E-state index contributed by atoms with van der Waals surface area (Å²) in [6.07, 6.45) is 4.75. The van der Waals surface area contributed by atoms with Gasteiger partial charge in [0.1, 0.15) is 11.4 Å². The summed E-state index contributed by atoms with van der Waals surface area (Å²) in [5, 5.41) is 4.44. The predicted molar refractivity (Wildman–Crippen MR) is 106 cm³/mol. The standard InChI is InChI=1S/C19H22N4O4S/c1-19(2,3)27-17(25)12-26-15-7-5-14(6-8-15)11-22-23-16(24)13-28-18-20-9-4-10-21-18/h4-11H,12-13H2,1-3H3,(H,23,24)/b22-11-. The van der Waals surface area contributed by atoms with Crippen LogP contribution in [0.5, 0.6) is 5.75 Å². The molecule has 0 aliphatic rings. The molecule has 1 aromatic heterocycles. The first kappa shape index (κ1) is 21.4. The van der Waals surface area contributed by atoms with Gasteiger partial charge in [-0.1, -0.05) is 11.8 Å². The van der Waals surface area contributed by atoms with Crippen LogP contribution in [0.4, 0.5) is 0 Å². The number of hydrazone groups is 1. The number of hydrogen-bond acceptors (Lipinski definition) is 8. The summed E-state index contributed by atoms with van der Waals surface area (Å²) in [5.41, 5.74) is 2.66. The lowest BCUT2D eigenvalue weighted by Crippen LogP contribution is -2.27. The van der Waals surface area contributed by atoms with Gasteiger partial charge in [0.2, 0.25) is 0 Å².